The lowest BCUT2D eigenvalue weighted by Gasteiger charge is -2.11. The largest absolute Gasteiger partial charge is 0.351 e. The van der Waals surface area contributed by atoms with E-state index in [9.17, 15) is 9.59 Å². The van der Waals surface area contributed by atoms with Gasteiger partial charge in [-0.1, -0.05) is 6.07 Å². The maximum Gasteiger partial charge on any atom is 0.270 e. The summed E-state index contributed by atoms with van der Waals surface area (Å²) in [5.74, 6) is -0.511. The summed E-state index contributed by atoms with van der Waals surface area (Å²) in [6.45, 7) is 1.69. The number of nitrogens with one attached hydrogen (secondary N) is 3. The molecule has 2 heterocycles. The third-order valence-corrected chi connectivity index (χ3v) is 2.73. The summed E-state index contributed by atoms with van der Waals surface area (Å²) in [7, 11) is 0. The van der Waals surface area contributed by atoms with Gasteiger partial charge in [-0.05, 0) is 25.1 Å². The average Bonchev–Trinajstić information content (AvgIpc) is 2.90. The van der Waals surface area contributed by atoms with Crippen LogP contribution in [0, 0.1) is 0 Å². The van der Waals surface area contributed by atoms with Gasteiger partial charge in [0.1, 0.15) is 5.69 Å². The van der Waals surface area contributed by atoms with E-state index < -0.39 is 0 Å². The zero-order valence-electron chi connectivity index (χ0n) is 10.8. The van der Waals surface area contributed by atoms with Crippen LogP contribution in [0.3, 0.4) is 0 Å². The van der Waals surface area contributed by atoms with Gasteiger partial charge in [-0.25, -0.2) is 0 Å². The van der Waals surface area contributed by atoms with Crippen LogP contribution in [0.2, 0.25) is 0 Å². The smallest absolute Gasteiger partial charge is 0.270 e. The first-order valence-electron chi connectivity index (χ1n) is 5.95. The number of pyridine rings is 1. The van der Waals surface area contributed by atoms with Crippen molar-refractivity contribution >= 4 is 36.6 Å². The molecule has 6 nitrogen and oxygen atoms in total. The quantitative estimate of drug-likeness (QED) is 0.736. The van der Waals surface area contributed by atoms with Crippen LogP contribution < -0.4 is 16.0 Å². The Morgan fingerprint density at radius 1 is 1.35 bits per heavy atom. The Hall–Kier alpha value is -1.37. The summed E-state index contributed by atoms with van der Waals surface area (Å²) < 4.78 is 0. The van der Waals surface area contributed by atoms with Gasteiger partial charge in [0, 0.05) is 18.8 Å². The van der Waals surface area contributed by atoms with Crippen molar-refractivity contribution in [2.45, 2.75) is 12.5 Å². The molecule has 1 aliphatic heterocycles. The molecular weight excluding hydrogens is 303 g/mol. The van der Waals surface area contributed by atoms with E-state index in [0.717, 1.165) is 19.5 Å². The second-order valence-electron chi connectivity index (χ2n) is 4.15. The van der Waals surface area contributed by atoms with E-state index in [4.69, 9.17) is 0 Å². The fraction of sp³-hybridized carbons (Fsp3) is 0.417. The third-order valence-electron chi connectivity index (χ3n) is 2.73. The van der Waals surface area contributed by atoms with Crippen LogP contribution >= 0.6 is 24.8 Å². The second-order valence-corrected chi connectivity index (χ2v) is 4.15. The first-order chi connectivity index (χ1) is 8.75. The van der Waals surface area contributed by atoms with Crippen LogP contribution in [0.1, 0.15) is 16.9 Å². The van der Waals surface area contributed by atoms with Gasteiger partial charge in [0.25, 0.3) is 5.91 Å². The SMILES string of the molecule is Cl.Cl.O=C(CNC(=O)c1ccccn1)NC1CCNC1. The summed E-state index contributed by atoms with van der Waals surface area (Å²) >= 11 is 0. The van der Waals surface area contributed by atoms with E-state index >= 15 is 0 Å². The van der Waals surface area contributed by atoms with Gasteiger partial charge in [-0.3, -0.25) is 14.6 Å². The fourth-order valence-electron chi connectivity index (χ4n) is 1.80. The van der Waals surface area contributed by atoms with E-state index in [1.165, 1.54) is 0 Å². The zero-order chi connectivity index (χ0) is 12.8. The lowest BCUT2D eigenvalue weighted by Crippen LogP contribution is -2.42. The molecule has 2 rings (SSSR count). The van der Waals surface area contributed by atoms with Gasteiger partial charge in [0.15, 0.2) is 0 Å². The standard InChI is InChI=1S/C12H16N4O2.2ClH/c17-11(16-9-4-6-13-7-9)8-15-12(18)10-3-1-2-5-14-10;;/h1-3,5,9,13H,4,6-8H2,(H,15,18)(H,16,17);2*1H. The number of carbonyl (C=O) groups is 2. The number of carbonyl (C=O) groups excluding carboxylic acids is 2. The Balaban J connectivity index is 0.00000180. The first-order valence-corrected chi connectivity index (χ1v) is 5.95. The lowest BCUT2D eigenvalue weighted by molar-refractivity contribution is -0.120. The van der Waals surface area contributed by atoms with Crippen molar-refractivity contribution in [2.75, 3.05) is 19.6 Å². The van der Waals surface area contributed by atoms with E-state index in [0.29, 0.717) is 5.69 Å². The number of hydrogen-bond acceptors (Lipinski definition) is 4. The molecule has 0 saturated carbocycles. The van der Waals surface area contributed by atoms with E-state index in [2.05, 4.69) is 20.9 Å². The van der Waals surface area contributed by atoms with Gasteiger partial charge >= 0.3 is 0 Å². The van der Waals surface area contributed by atoms with Gasteiger partial charge in [0.05, 0.1) is 6.54 Å². The molecule has 1 aromatic rings. The van der Waals surface area contributed by atoms with Crippen molar-refractivity contribution in [3.63, 3.8) is 0 Å². The molecule has 20 heavy (non-hydrogen) atoms. The lowest BCUT2D eigenvalue weighted by atomic mass is 10.2. The number of hydrogen-bond donors (Lipinski definition) is 3. The third kappa shape index (κ3) is 5.73. The Kier molecular flexibility index (Phi) is 8.87. The number of nitrogens with zero attached hydrogens (tertiary/aromatic N) is 1. The summed E-state index contributed by atoms with van der Waals surface area (Å²) in [6, 6.07) is 5.24. The average molecular weight is 321 g/mol. The molecule has 0 aromatic carbocycles. The maximum absolute atomic E-state index is 11.6. The van der Waals surface area contributed by atoms with Crippen molar-refractivity contribution in [3.05, 3.63) is 30.1 Å². The number of aromatic nitrogens is 1. The molecule has 1 unspecified atom stereocenters. The summed E-state index contributed by atoms with van der Waals surface area (Å²) in [6.07, 6.45) is 2.47. The van der Waals surface area contributed by atoms with Crippen molar-refractivity contribution in [1.82, 2.24) is 20.9 Å². The molecule has 1 aliphatic rings. The second kappa shape index (κ2) is 9.52. The van der Waals surface area contributed by atoms with Gasteiger partial charge < -0.3 is 16.0 Å². The molecule has 0 spiro atoms. The minimum Gasteiger partial charge on any atom is -0.351 e. The van der Waals surface area contributed by atoms with Crippen LogP contribution in [0.15, 0.2) is 24.4 Å². The number of rotatable bonds is 4. The highest BCUT2D eigenvalue weighted by Gasteiger charge is 2.17. The van der Waals surface area contributed by atoms with Gasteiger partial charge in [0.2, 0.25) is 5.91 Å². The molecule has 0 radical (unpaired) electrons. The molecule has 0 bridgehead atoms. The maximum atomic E-state index is 11.6. The highest BCUT2D eigenvalue weighted by Crippen LogP contribution is 1.96. The molecule has 1 fully saturated rings. The van der Waals surface area contributed by atoms with Crippen molar-refractivity contribution in [3.8, 4) is 0 Å². The Bertz CT molecular complexity index is 425. The van der Waals surface area contributed by atoms with E-state index in [1.54, 1.807) is 24.4 Å². The number of amides is 2. The Morgan fingerprint density at radius 2 is 2.15 bits per heavy atom. The summed E-state index contributed by atoms with van der Waals surface area (Å²) in [4.78, 5) is 27.1. The number of halogens is 2. The summed E-state index contributed by atoms with van der Waals surface area (Å²) in [5, 5.41) is 8.54. The molecule has 3 N–H and O–H groups in total. The highest BCUT2D eigenvalue weighted by molar-refractivity contribution is 5.94. The normalized spacial score (nSPS) is 16.5. The van der Waals surface area contributed by atoms with Gasteiger partial charge in [-0.15, -0.1) is 24.8 Å². The molecule has 1 saturated heterocycles. The molecule has 2 amide bonds. The molecule has 1 aromatic heterocycles. The predicted molar refractivity (Wildman–Crippen MR) is 80.5 cm³/mol. The van der Waals surface area contributed by atoms with Crippen molar-refractivity contribution in [1.29, 1.82) is 0 Å². The van der Waals surface area contributed by atoms with Crippen LogP contribution in [0.4, 0.5) is 0 Å². The fourth-order valence-corrected chi connectivity index (χ4v) is 1.80. The zero-order valence-corrected chi connectivity index (χ0v) is 12.4. The molecule has 0 aliphatic carbocycles. The monoisotopic (exact) mass is 320 g/mol. The van der Waals surface area contributed by atoms with Crippen LogP contribution in [0.5, 0.6) is 0 Å². The van der Waals surface area contributed by atoms with Crippen LogP contribution in [-0.2, 0) is 4.79 Å². The van der Waals surface area contributed by atoms with Crippen LogP contribution in [-0.4, -0.2) is 42.5 Å². The topological polar surface area (TPSA) is 83.1 Å². The van der Waals surface area contributed by atoms with Crippen molar-refractivity contribution in [2.24, 2.45) is 0 Å². The molecule has 8 heteroatoms. The predicted octanol–water partition coefficient (Wildman–Crippen LogP) is 0.133. The van der Waals surface area contributed by atoms with E-state index in [1.807, 2.05) is 0 Å². The van der Waals surface area contributed by atoms with E-state index in [-0.39, 0.29) is 49.2 Å². The minimum atomic E-state index is -0.338. The Morgan fingerprint density at radius 3 is 2.75 bits per heavy atom. The highest BCUT2D eigenvalue weighted by atomic mass is 35.5. The summed E-state index contributed by atoms with van der Waals surface area (Å²) in [5.41, 5.74) is 0.313. The van der Waals surface area contributed by atoms with Gasteiger partial charge in [-0.2, -0.15) is 0 Å². The molecular formula is C12H18Cl2N4O2. The molecule has 1 atom stereocenters. The van der Waals surface area contributed by atoms with Crippen LogP contribution in [0.25, 0.3) is 0 Å². The Labute approximate surface area is 129 Å². The first kappa shape index (κ1) is 18.6. The molecule has 112 valence electrons. The van der Waals surface area contributed by atoms with Crippen molar-refractivity contribution < 1.29 is 9.59 Å². The minimum absolute atomic E-state index is 0.